The van der Waals surface area contributed by atoms with Crippen molar-refractivity contribution in [1.29, 1.82) is 5.26 Å². The Bertz CT molecular complexity index is 1040. The fourth-order valence-electron chi connectivity index (χ4n) is 4.24. The number of aryl methyl sites for hydroxylation is 1. The van der Waals surface area contributed by atoms with Gasteiger partial charge in [0.15, 0.2) is 5.78 Å². The zero-order valence-electron chi connectivity index (χ0n) is 16.3. The number of thiophene rings is 1. The van der Waals surface area contributed by atoms with E-state index < -0.39 is 0 Å². The number of carbonyl (C=O) groups is 1. The van der Waals surface area contributed by atoms with Crippen LogP contribution < -0.4 is 10.6 Å². The minimum Gasteiger partial charge on any atom is -0.384 e. The van der Waals surface area contributed by atoms with Gasteiger partial charge in [0.05, 0.1) is 17.6 Å². The molecule has 0 saturated heterocycles. The molecule has 5 heteroatoms. The number of nitriles is 1. The third-order valence-corrected chi connectivity index (χ3v) is 6.44. The molecule has 2 aliphatic rings. The summed E-state index contributed by atoms with van der Waals surface area (Å²) in [7, 11) is 0. The number of nitrogens with zero attached hydrogens (tertiary/aromatic N) is 2. The minimum absolute atomic E-state index is 0.113. The van der Waals surface area contributed by atoms with Gasteiger partial charge < -0.3 is 5.73 Å². The van der Waals surface area contributed by atoms with Crippen LogP contribution in [0.25, 0.3) is 0 Å². The molecule has 2 heterocycles. The van der Waals surface area contributed by atoms with E-state index in [9.17, 15) is 10.1 Å². The first-order valence-corrected chi connectivity index (χ1v) is 10.3. The van der Waals surface area contributed by atoms with Gasteiger partial charge in [-0.1, -0.05) is 37.6 Å². The highest BCUT2D eigenvalue weighted by molar-refractivity contribution is 7.10. The van der Waals surface area contributed by atoms with Crippen molar-refractivity contribution < 1.29 is 4.79 Å². The number of Topliss-reactive ketones (excluding diaryl/α,β-unsaturated/α-hetero) is 1. The molecular weight excluding hydrogens is 366 g/mol. The zero-order chi connectivity index (χ0) is 20.1. The van der Waals surface area contributed by atoms with E-state index >= 15 is 0 Å². The van der Waals surface area contributed by atoms with Gasteiger partial charge in [-0.2, -0.15) is 5.26 Å². The molecule has 1 aliphatic carbocycles. The van der Waals surface area contributed by atoms with Gasteiger partial charge in [-0.15, -0.1) is 11.3 Å². The fourth-order valence-corrected chi connectivity index (χ4v) is 5.08. The third kappa shape index (κ3) is 2.94. The number of rotatable bonds is 2. The predicted octanol–water partition coefficient (Wildman–Crippen LogP) is 5.00. The number of hydrogen-bond donors (Lipinski definition) is 1. The fraction of sp³-hybridized carbons (Fsp3) is 0.304. The first-order valence-electron chi connectivity index (χ1n) is 9.38. The summed E-state index contributed by atoms with van der Waals surface area (Å²) in [6.45, 7) is 6.26. The number of carbonyl (C=O) groups excluding carboxylic acids is 1. The van der Waals surface area contributed by atoms with E-state index in [4.69, 9.17) is 5.73 Å². The molecule has 142 valence electrons. The summed E-state index contributed by atoms with van der Waals surface area (Å²) in [5.74, 6) is 0.168. The highest BCUT2D eigenvalue weighted by Gasteiger charge is 2.44. The maximum Gasteiger partial charge on any atom is 0.162 e. The van der Waals surface area contributed by atoms with E-state index in [0.717, 1.165) is 33.8 Å². The first kappa shape index (κ1) is 18.5. The second-order valence-corrected chi connectivity index (χ2v) is 9.31. The van der Waals surface area contributed by atoms with Gasteiger partial charge in [-0.25, -0.2) is 0 Å². The molecule has 28 heavy (non-hydrogen) atoms. The van der Waals surface area contributed by atoms with Gasteiger partial charge in [0.2, 0.25) is 0 Å². The normalized spacial score (nSPS) is 21.6. The van der Waals surface area contributed by atoms with E-state index in [1.165, 1.54) is 0 Å². The third-order valence-electron chi connectivity index (χ3n) is 5.50. The van der Waals surface area contributed by atoms with Crippen molar-refractivity contribution in [2.75, 3.05) is 4.90 Å². The lowest BCUT2D eigenvalue weighted by molar-refractivity contribution is -0.118. The van der Waals surface area contributed by atoms with E-state index in [1.807, 2.05) is 53.6 Å². The van der Waals surface area contributed by atoms with E-state index in [-0.39, 0.29) is 17.1 Å². The zero-order valence-corrected chi connectivity index (χ0v) is 17.1. The van der Waals surface area contributed by atoms with Crippen molar-refractivity contribution in [1.82, 2.24) is 0 Å². The minimum atomic E-state index is -0.370. The summed E-state index contributed by atoms with van der Waals surface area (Å²) in [4.78, 5) is 16.2. The van der Waals surface area contributed by atoms with Crippen LogP contribution in [0, 0.1) is 23.7 Å². The number of ketones is 1. The molecule has 0 fully saturated rings. The Balaban J connectivity index is 1.99. The van der Waals surface area contributed by atoms with Crippen LogP contribution >= 0.6 is 11.3 Å². The summed E-state index contributed by atoms with van der Waals surface area (Å²) in [5, 5.41) is 12.0. The second kappa shape index (κ2) is 6.65. The quantitative estimate of drug-likeness (QED) is 0.785. The maximum absolute atomic E-state index is 13.3. The standard InChI is InChI=1S/C23H23N3OS/c1-14-6-8-15(9-7-14)26-17-11-23(2,3)12-18(27)21(17)20(16(13-24)22(26)25)19-5-4-10-28-19/h4-10,20H,11-12,25H2,1-3H3/t20-/m0/s1. The first-order chi connectivity index (χ1) is 13.3. The summed E-state index contributed by atoms with van der Waals surface area (Å²) in [6, 6.07) is 14.3. The molecule has 1 aromatic carbocycles. The van der Waals surface area contributed by atoms with Gasteiger partial charge in [-0.3, -0.25) is 9.69 Å². The van der Waals surface area contributed by atoms with Crippen LogP contribution in [0.5, 0.6) is 0 Å². The summed E-state index contributed by atoms with van der Waals surface area (Å²) in [6.07, 6.45) is 1.22. The number of anilines is 1. The van der Waals surface area contributed by atoms with E-state index in [1.54, 1.807) is 11.3 Å². The highest BCUT2D eigenvalue weighted by Crippen LogP contribution is 2.50. The lowest BCUT2D eigenvalue weighted by atomic mass is 9.69. The number of benzene rings is 1. The topological polar surface area (TPSA) is 70.1 Å². The average molecular weight is 390 g/mol. The lowest BCUT2D eigenvalue weighted by Crippen LogP contribution is -2.42. The highest BCUT2D eigenvalue weighted by atomic mass is 32.1. The van der Waals surface area contributed by atoms with Crippen molar-refractivity contribution in [2.24, 2.45) is 11.1 Å². The van der Waals surface area contributed by atoms with Crippen LogP contribution in [0.4, 0.5) is 5.69 Å². The molecule has 1 aliphatic heterocycles. The maximum atomic E-state index is 13.3. The van der Waals surface area contributed by atoms with Crippen LogP contribution in [0.3, 0.4) is 0 Å². The van der Waals surface area contributed by atoms with Gasteiger partial charge in [0.25, 0.3) is 0 Å². The number of hydrogen-bond acceptors (Lipinski definition) is 5. The lowest BCUT2D eigenvalue weighted by Gasteiger charge is -2.43. The molecule has 1 aromatic heterocycles. The molecule has 0 amide bonds. The molecule has 0 radical (unpaired) electrons. The van der Waals surface area contributed by atoms with Crippen molar-refractivity contribution in [3.8, 4) is 6.07 Å². The monoisotopic (exact) mass is 389 g/mol. The number of nitrogens with two attached hydrogens (primary N) is 1. The van der Waals surface area contributed by atoms with Crippen LogP contribution in [-0.4, -0.2) is 5.78 Å². The summed E-state index contributed by atoms with van der Waals surface area (Å²) >= 11 is 1.56. The molecule has 1 atom stereocenters. The van der Waals surface area contributed by atoms with E-state index in [0.29, 0.717) is 17.8 Å². The Morgan fingerprint density at radius 3 is 2.54 bits per heavy atom. The van der Waals surface area contributed by atoms with Crippen LogP contribution in [0.15, 0.2) is 64.4 Å². The Hall–Kier alpha value is -2.84. The Morgan fingerprint density at radius 1 is 1.21 bits per heavy atom. The smallest absolute Gasteiger partial charge is 0.162 e. The molecule has 0 saturated carbocycles. The van der Waals surface area contributed by atoms with Crippen molar-refractivity contribution in [3.05, 3.63) is 74.9 Å². The molecule has 4 nitrogen and oxygen atoms in total. The molecule has 2 aromatic rings. The van der Waals surface area contributed by atoms with Crippen LogP contribution in [0.2, 0.25) is 0 Å². The van der Waals surface area contributed by atoms with Crippen LogP contribution in [-0.2, 0) is 4.79 Å². The van der Waals surface area contributed by atoms with Crippen molar-refractivity contribution in [2.45, 2.75) is 39.5 Å². The predicted molar refractivity (Wildman–Crippen MR) is 113 cm³/mol. The molecule has 0 unspecified atom stereocenters. The Kier molecular flexibility index (Phi) is 4.40. The van der Waals surface area contributed by atoms with Gasteiger partial charge in [0, 0.05) is 28.3 Å². The second-order valence-electron chi connectivity index (χ2n) is 8.33. The molecular formula is C23H23N3OS. The van der Waals surface area contributed by atoms with E-state index in [2.05, 4.69) is 19.9 Å². The molecule has 0 spiro atoms. The molecule has 2 N–H and O–H groups in total. The number of allylic oxidation sites excluding steroid dienone is 3. The van der Waals surface area contributed by atoms with Crippen molar-refractivity contribution in [3.63, 3.8) is 0 Å². The summed E-state index contributed by atoms with van der Waals surface area (Å²) in [5.41, 5.74) is 10.6. The van der Waals surface area contributed by atoms with Gasteiger partial charge in [0.1, 0.15) is 5.82 Å². The van der Waals surface area contributed by atoms with Crippen LogP contribution in [0.1, 0.15) is 43.0 Å². The Morgan fingerprint density at radius 2 is 1.93 bits per heavy atom. The average Bonchev–Trinajstić information content (AvgIpc) is 3.15. The largest absolute Gasteiger partial charge is 0.384 e. The summed E-state index contributed by atoms with van der Waals surface area (Å²) < 4.78 is 0. The SMILES string of the molecule is Cc1ccc(N2C(N)=C(C#N)[C@@H](c3cccs3)C3=C2CC(C)(C)CC3=O)cc1. The Labute approximate surface area is 169 Å². The van der Waals surface area contributed by atoms with Gasteiger partial charge in [-0.05, 0) is 42.3 Å². The molecule has 0 bridgehead atoms. The van der Waals surface area contributed by atoms with Gasteiger partial charge >= 0.3 is 0 Å². The molecule has 4 rings (SSSR count). The van der Waals surface area contributed by atoms with Crippen molar-refractivity contribution >= 4 is 22.8 Å².